The fourth-order valence-electron chi connectivity index (χ4n) is 3.49. The lowest BCUT2D eigenvalue weighted by atomic mass is 10.0. The van der Waals surface area contributed by atoms with Gasteiger partial charge in [-0.05, 0) is 48.4 Å². The van der Waals surface area contributed by atoms with Crippen LogP contribution in [0.15, 0.2) is 72.8 Å². The Morgan fingerprint density at radius 2 is 1.65 bits per heavy atom. The molecule has 2 N–H and O–H groups in total. The van der Waals surface area contributed by atoms with Gasteiger partial charge in [0.2, 0.25) is 11.8 Å². The van der Waals surface area contributed by atoms with Gasteiger partial charge in [0.15, 0.2) is 0 Å². The summed E-state index contributed by atoms with van der Waals surface area (Å²) in [4.78, 5) is 39.1. The molecule has 3 aromatic rings. The van der Waals surface area contributed by atoms with Crippen LogP contribution in [-0.2, 0) is 16.0 Å². The Labute approximate surface area is 184 Å². The van der Waals surface area contributed by atoms with Crippen molar-refractivity contribution in [2.45, 2.75) is 12.8 Å². The topological polar surface area (TPSA) is 78.5 Å². The van der Waals surface area contributed by atoms with Crippen LogP contribution in [-0.4, -0.2) is 24.3 Å². The zero-order valence-electron chi connectivity index (χ0n) is 16.6. The molecule has 1 aliphatic heterocycles. The van der Waals surface area contributed by atoms with Crippen LogP contribution in [0.1, 0.15) is 22.3 Å². The van der Waals surface area contributed by atoms with Crippen LogP contribution in [0.3, 0.4) is 0 Å². The highest BCUT2D eigenvalue weighted by atomic mass is 35.5. The number of hydrogen-bond donors (Lipinski definition) is 2. The first-order valence-electron chi connectivity index (χ1n) is 9.85. The van der Waals surface area contributed by atoms with E-state index in [9.17, 15) is 14.4 Å². The Hall–Kier alpha value is -3.64. The summed E-state index contributed by atoms with van der Waals surface area (Å²) >= 11 is 6.23. The minimum Gasteiger partial charge on any atom is -0.323 e. The standard InChI is InChI=1S/C24H20ClN3O3/c25-19-12-10-17(24(31)26-18-7-2-1-3-8-18)14-20(19)27-22(29)15-28-21-9-5-4-6-16(21)11-13-23(28)30/h1-10,12,14H,11,13,15H2,(H,26,31)(H,27,29). The van der Waals surface area contributed by atoms with Gasteiger partial charge in [0, 0.05) is 23.4 Å². The van der Waals surface area contributed by atoms with Crippen molar-refractivity contribution in [2.75, 3.05) is 22.1 Å². The number of anilines is 3. The fourth-order valence-corrected chi connectivity index (χ4v) is 3.65. The van der Waals surface area contributed by atoms with Crippen molar-refractivity contribution in [1.82, 2.24) is 0 Å². The van der Waals surface area contributed by atoms with Crippen molar-refractivity contribution in [1.29, 1.82) is 0 Å². The second-order valence-corrected chi connectivity index (χ2v) is 7.58. The molecule has 0 radical (unpaired) electrons. The molecule has 0 fully saturated rings. The smallest absolute Gasteiger partial charge is 0.255 e. The molecule has 3 amide bonds. The van der Waals surface area contributed by atoms with Crippen molar-refractivity contribution in [3.05, 3.63) is 88.9 Å². The molecule has 156 valence electrons. The summed E-state index contributed by atoms with van der Waals surface area (Å²) in [5, 5.41) is 5.82. The van der Waals surface area contributed by atoms with Gasteiger partial charge in [-0.3, -0.25) is 14.4 Å². The molecular weight excluding hydrogens is 414 g/mol. The van der Waals surface area contributed by atoms with Crippen molar-refractivity contribution in [2.24, 2.45) is 0 Å². The van der Waals surface area contributed by atoms with Crippen molar-refractivity contribution < 1.29 is 14.4 Å². The maximum absolute atomic E-state index is 12.7. The summed E-state index contributed by atoms with van der Waals surface area (Å²) in [6.07, 6.45) is 1.03. The van der Waals surface area contributed by atoms with Crippen molar-refractivity contribution in [3.63, 3.8) is 0 Å². The summed E-state index contributed by atoms with van der Waals surface area (Å²) in [5.41, 5.74) is 3.10. The van der Waals surface area contributed by atoms with Gasteiger partial charge in [0.25, 0.3) is 5.91 Å². The van der Waals surface area contributed by atoms with Gasteiger partial charge >= 0.3 is 0 Å². The molecule has 3 aromatic carbocycles. The number of carbonyl (C=O) groups excluding carboxylic acids is 3. The second-order valence-electron chi connectivity index (χ2n) is 7.17. The lowest BCUT2D eigenvalue weighted by Gasteiger charge is -2.28. The van der Waals surface area contributed by atoms with Gasteiger partial charge in [0.1, 0.15) is 6.54 Å². The maximum atomic E-state index is 12.7. The Morgan fingerprint density at radius 1 is 0.903 bits per heavy atom. The van der Waals surface area contributed by atoms with E-state index in [2.05, 4.69) is 10.6 Å². The maximum Gasteiger partial charge on any atom is 0.255 e. The number of rotatable bonds is 5. The fraction of sp³-hybridized carbons (Fsp3) is 0.125. The van der Waals surface area contributed by atoms with E-state index in [1.54, 1.807) is 24.3 Å². The molecule has 4 rings (SSSR count). The zero-order chi connectivity index (χ0) is 21.8. The number of halogens is 1. The zero-order valence-corrected chi connectivity index (χ0v) is 17.4. The molecule has 7 heteroatoms. The van der Waals surface area contributed by atoms with E-state index in [1.165, 1.54) is 11.0 Å². The molecule has 0 spiro atoms. The summed E-state index contributed by atoms with van der Waals surface area (Å²) in [5.74, 6) is -0.818. The highest BCUT2D eigenvalue weighted by Gasteiger charge is 2.25. The van der Waals surface area contributed by atoms with E-state index in [0.29, 0.717) is 34.8 Å². The third-order valence-corrected chi connectivity index (χ3v) is 5.36. The molecule has 1 heterocycles. The van der Waals surface area contributed by atoms with Crippen LogP contribution in [0.25, 0.3) is 0 Å². The molecule has 6 nitrogen and oxygen atoms in total. The van der Waals surface area contributed by atoms with Crippen molar-refractivity contribution >= 4 is 46.4 Å². The number of carbonyl (C=O) groups is 3. The van der Waals surface area contributed by atoms with Gasteiger partial charge in [-0.1, -0.05) is 48.0 Å². The number of nitrogens with zero attached hydrogens (tertiary/aromatic N) is 1. The first kappa shape index (κ1) is 20.6. The molecule has 0 saturated heterocycles. The molecule has 31 heavy (non-hydrogen) atoms. The number of hydrogen-bond acceptors (Lipinski definition) is 3. The summed E-state index contributed by atoms with van der Waals surface area (Å²) in [6.45, 7) is -0.132. The van der Waals surface area contributed by atoms with Crippen LogP contribution in [0, 0.1) is 0 Å². The van der Waals surface area contributed by atoms with Crippen LogP contribution in [0.4, 0.5) is 17.1 Å². The molecule has 0 saturated carbocycles. The predicted molar refractivity (Wildman–Crippen MR) is 122 cm³/mol. The minimum absolute atomic E-state index is 0.101. The highest BCUT2D eigenvalue weighted by Crippen LogP contribution is 2.28. The first-order chi connectivity index (χ1) is 15.0. The van der Waals surface area contributed by atoms with Crippen molar-refractivity contribution in [3.8, 4) is 0 Å². The number of amides is 3. The van der Waals surface area contributed by atoms with E-state index < -0.39 is 5.91 Å². The van der Waals surface area contributed by atoms with Crippen LogP contribution >= 0.6 is 11.6 Å². The van der Waals surface area contributed by atoms with Crippen LogP contribution in [0.5, 0.6) is 0 Å². The van der Waals surface area contributed by atoms with E-state index >= 15 is 0 Å². The van der Waals surface area contributed by atoms with Gasteiger partial charge in [0.05, 0.1) is 10.7 Å². The number of para-hydroxylation sites is 2. The lowest BCUT2D eigenvalue weighted by Crippen LogP contribution is -2.40. The molecule has 0 atom stereocenters. The Bertz CT molecular complexity index is 1150. The van der Waals surface area contributed by atoms with E-state index in [4.69, 9.17) is 11.6 Å². The number of benzene rings is 3. The molecule has 0 aliphatic carbocycles. The number of nitrogens with one attached hydrogen (secondary N) is 2. The van der Waals surface area contributed by atoms with Gasteiger partial charge in [-0.2, -0.15) is 0 Å². The number of fused-ring (bicyclic) bond motifs is 1. The number of aryl methyl sites for hydroxylation is 1. The molecule has 0 unspecified atom stereocenters. The average molecular weight is 434 g/mol. The van der Waals surface area contributed by atoms with E-state index in [1.807, 2.05) is 42.5 Å². The lowest BCUT2D eigenvalue weighted by molar-refractivity contribution is -0.121. The predicted octanol–water partition coefficient (Wildman–Crippen LogP) is 4.51. The normalized spacial score (nSPS) is 12.8. The van der Waals surface area contributed by atoms with Gasteiger partial charge in [-0.15, -0.1) is 0 Å². The van der Waals surface area contributed by atoms with E-state index in [0.717, 1.165) is 11.3 Å². The molecule has 1 aliphatic rings. The summed E-state index contributed by atoms with van der Waals surface area (Å²) in [6, 6.07) is 21.3. The molecular formula is C24H20ClN3O3. The second kappa shape index (κ2) is 9.02. The largest absolute Gasteiger partial charge is 0.323 e. The Morgan fingerprint density at radius 3 is 2.45 bits per heavy atom. The van der Waals surface area contributed by atoms with Gasteiger partial charge in [-0.25, -0.2) is 0 Å². The van der Waals surface area contributed by atoms with Gasteiger partial charge < -0.3 is 15.5 Å². The Kier molecular flexibility index (Phi) is 6.00. The monoisotopic (exact) mass is 433 g/mol. The van der Waals surface area contributed by atoms with E-state index in [-0.39, 0.29) is 18.4 Å². The van der Waals surface area contributed by atoms with Crippen LogP contribution in [0.2, 0.25) is 5.02 Å². The average Bonchev–Trinajstić information content (AvgIpc) is 2.78. The highest BCUT2D eigenvalue weighted by molar-refractivity contribution is 6.34. The summed E-state index contributed by atoms with van der Waals surface area (Å²) in [7, 11) is 0. The SMILES string of the molecule is O=C(CN1C(=O)CCc2ccccc21)Nc1cc(C(=O)Nc2ccccc2)ccc1Cl. The Balaban J connectivity index is 1.48. The molecule has 0 bridgehead atoms. The van der Waals surface area contributed by atoms with Crippen LogP contribution < -0.4 is 15.5 Å². The first-order valence-corrected chi connectivity index (χ1v) is 10.2. The molecule has 0 aromatic heterocycles. The third-order valence-electron chi connectivity index (χ3n) is 5.03. The third kappa shape index (κ3) is 4.75. The minimum atomic E-state index is -0.396. The summed E-state index contributed by atoms with van der Waals surface area (Å²) < 4.78 is 0. The quantitative estimate of drug-likeness (QED) is 0.621.